The number of carboxylic acids is 1. The Balaban J connectivity index is 2.77. The Hall–Kier alpha value is -2.36. The Morgan fingerprint density at radius 1 is 1.11 bits per heavy atom. The van der Waals surface area contributed by atoms with E-state index in [4.69, 9.17) is 5.11 Å². The van der Waals surface area contributed by atoms with Crippen molar-refractivity contribution in [1.82, 2.24) is 4.57 Å². The van der Waals surface area contributed by atoms with Crippen LogP contribution in [0.25, 0.3) is 5.69 Å². The summed E-state index contributed by atoms with van der Waals surface area (Å²) in [5, 5.41) is 8.96. The van der Waals surface area contributed by atoms with E-state index in [1.165, 1.54) is 10.6 Å². The zero-order chi connectivity index (χ0) is 13.3. The maximum absolute atomic E-state index is 12.1. The van der Waals surface area contributed by atoms with Crippen molar-refractivity contribution < 1.29 is 9.90 Å². The predicted octanol–water partition coefficient (Wildman–Crippen LogP) is 2.15. The molecule has 1 aromatic heterocycles. The van der Waals surface area contributed by atoms with Gasteiger partial charge in [-0.3, -0.25) is 9.36 Å². The van der Waals surface area contributed by atoms with E-state index in [0.29, 0.717) is 0 Å². The van der Waals surface area contributed by atoms with Gasteiger partial charge in [-0.05, 0) is 37.1 Å². The summed E-state index contributed by atoms with van der Waals surface area (Å²) >= 11 is 0. The molecule has 1 N–H and O–H groups in total. The average molecular weight is 243 g/mol. The molecule has 0 radical (unpaired) electrons. The number of para-hydroxylation sites is 1. The van der Waals surface area contributed by atoms with Gasteiger partial charge >= 0.3 is 5.97 Å². The lowest BCUT2D eigenvalue weighted by atomic mass is 10.1. The number of pyridine rings is 1. The second kappa shape index (κ2) is 4.49. The number of aryl methyl sites for hydroxylation is 2. The summed E-state index contributed by atoms with van der Waals surface area (Å²) in [6.45, 7) is 3.78. The second-order valence-corrected chi connectivity index (χ2v) is 4.14. The smallest absolute Gasteiger partial charge is 0.341 e. The number of aromatic nitrogens is 1. The molecule has 0 bridgehead atoms. The largest absolute Gasteiger partial charge is 0.477 e. The molecular weight excluding hydrogens is 230 g/mol. The molecule has 0 saturated heterocycles. The van der Waals surface area contributed by atoms with Crippen LogP contribution >= 0.6 is 0 Å². The number of aromatic carboxylic acids is 1. The van der Waals surface area contributed by atoms with Crippen LogP contribution in [-0.4, -0.2) is 15.6 Å². The molecule has 1 heterocycles. The fraction of sp³-hybridized carbons (Fsp3) is 0.143. The highest BCUT2D eigenvalue weighted by Gasteiger charge is 2.13. The lowest BCUT2D eigenvalue weighted by Crippen LogP contribution is -2.25. The number of hydrogen-bond donors (Lipinski definition) is 1. The van der Waals surface area contributed by atoms with Gasteiger partial charge in [0.2, 0.25) is 0 Å². The molecule has 0 atom stereocenters. The predicted molar refractivity (Wildman–Crippen MR) is 68.5 cm³/mol. The van der Waals surface area contributed by atoms with Crippen molar-refractivity contribution in [2.75, 3.05) is 0 Å². The van der Waals surface area contributed by atoms with Crippen LogP contribution in [0.4, 0.5) is 0 Å². The van der Waals surface area contributed by atoms with Crippen LogP contribution in [-0.2, 0) is 0 Å². The topological polar surface area (TPSA) is 59.3 Å². The van der Waals surface area contributed by atoms with Crippen LogP contribution in [0.2, 0.25) is 0 Å². The van der Waals surface area contributed by atoms with Crippen LogP contribution in [0.1, 0.15) is 21.5 Å². The Morgan fingerprint density at radius 3 is 2.28 bits per heavy atom. The van der Waals surface area contributed by atoms with E-state index in [0.717, 1.165) is 16.8 Å². The highest BCUT2D eigenvalue weighted by molar-refractivity contribution is 5.87. The van der Waals surface area contributed by atoms with E-state index in [-0.39, 0.29) is 5.56 Å². The van der Waals surface area contributed by atoms with Crippen molar-refractivity contribution in [3.8, 4) is 5.69 Å². The molecule has 0 aliphatic rings. The van der Waals surface area contributed by atoms with Gasteiger partial charge in [0.25, 0.3) is 5.56 Å². The van der Waals surface area contributed by atoms with Crippen LogP contribution in [0.5, 0.6) is 0 Å². The summed E-state index contributed by atoms with van der Waals surface area (Å²) in [6.07, 6.45) is 1.59. The van der Waals surface area contributed by atoms with Crippen molar-refractivity contribution >= 4 is 5.97 Å². The normalized spacial score (nSPS) is 10.3. The number of hydrogen-bond acceptors (Lipinski definition) is 2. The Morgan fingerprint density at radius 2 is 1.72 bits per heavy atom. The van der Waals surface area contributed by atoms with E-state index in [1.54, 1.807) is 12.3 Å². The lowest BCUT2D eigenvalue weighted by Gasteiger charge is -2.12. The molecule has 92 valence electrons. The fourth-order valence-corrected chi connectivity index (χ4v) is 2.02. The molecule has 0 spiro atoms. The molecule has 0 amide bonds. The first-order chi connectivity index (χ1) is 8.52. The van der Waals surface area contributed by atoms with Crippen LogP contribution < -0.4 is 5.56 Å². The molecule has 4 nitrogen and oxygen atoms in total. The number of benzene rings is 1. The Labute approximate surface area is 104 Å². The quantitative estimate of drug-likeness (QED) is 0.879. The van der Waals surface area contributed by atoms with E-state index in [9.17, 15) is 9.59 Å². The van der Waals surface area contributed by atoms with E-state index in [1.807, 2.05) is 32.0 Å². The minimum atomic E-state index is -1.21. The van der Waals surface area contributed by atoms with Crippen molar-refractivity contribution in [2.24, 2.45) is 0 Å². The number of rotatable bonds is 2. The zero-order valence-electron chi connectivity index (χ0n) is 10.2. The number of carbonyl (C=O) groups is 1. The van der Waals surface area contributed by atoms with Gasteiger partial charge in [0, 0.05) is 6.20 Å². The first-order valence-corrected chi connectivity index (χ1v) is 5.54. The van der Waals surface area contributed by atoms with Crippen LogP contribution in [0.3, 0.4) is 0 Å². The van der Waals surface area contributed by atoms with Gasteiger partial charge in [0.15, 0.2) is 0 Å². The fourth-order valence-electron chi connectivity index (χ4n) is 2.02. The number of carboxylic acid groups (broad SMARTS) is 1. The van der Waals surface area contributed by atoms with Gasteiger partial charge < -0.3 is 5.11 Å². The third-order valence-corrected chi connectivity index (χ3v) is 2.86. The third kappa shape index (κ3) is 1.93. The molecule has 18 heavy (non-hydrogen) atoms. The first kappa shape index (κ1) is 12.1. The minimum Gasteiger partial charge on any atom is -0.477 e. The zero-order valence-corrected chi connectivity index (χ0v) is 10.2. The van der Waals surface area contributed by atoms with Crippen molar-refractivity contribution in [3.05, 3.63) is 63.6 Å². The monoisotopic (exact) mass is 243 g/mol. The van der Waals surface area contributed by atoms with Gasteiger partial charge in [-0.1, -0.05) is 18.2 Å². The van der Waals surface area contributed by atoms with Gasteiger partial charge in [0.05, 0.1) is 5.69 Å². The van der Waals surface area contributed by atoms with Gasteiger partial charge in [-0.2, -0.15) is 0 Å². The molecule has 4 heteroatoms. The molecule has 0 fully saturated rings. The molecule has 0 unspecified atom stereocenters. The van der Waals surface area contributed by atoms with Crippen LogP contribution in [0.15, 0.2) is 41.3 Å². The van der Waals surface area contributed by atoms with Crippen molar-refractivity contribution in [1.29, 1.82) is 0 Å². The van der Waals surface area contributed by atoms with Gasteiger partial charge in [0.1, 0.15) is 5.56 Å². The summed E-state index contributed by atoms with van der Waals surface area (Å²) < 4.78 is 1.38. The van der Waals surface area contributed by atoms with E-state index < -0.39 is 11.5 Å². The minimum absolute atomic E-state index is 0.222. The first-order valence-electron chi connectivity index (χ1n) is 5.54. The maximum Gasteiger partial charge on any atom is 0.341 e. The Kier molecular flexibility index (Phi) is 3.02. The van der Waals surface area contributed by atoms with Gasteiger partial charge in [-0.15, -0.1) is 0 Å². The standard InChI is InChI=1S/C14H13NO3/c1-9-5-3-6-10(2)12(9)15-8-4-7-11(13(15)16)14(17)18/h3-8H,1-2H3,(H,17,18). The van der Waals surface area contributed by atoms with E-state index in [2.05, 4.69) is 0 Å². The third-order valence-electron chi connectivity index (χ3n) is 2.86. The molecule has 2 rings (SSSR count). The SMILES string of the molecule is Cc1cccc(C)c1-n1cccc(C(=O)O)c1=O. The van der Waals surface area contributed by atoms with Crippen LogP contribution in [0, 0.1) is 13.8 Å². The summed E-state index contributed by atoms with van der Waals surface area (Å²) in [7, 11) is 0. The highest BCUT2D eigenvalue weighted by atomic mass is 16.4. The Bertz CT molecular complexity index is 651. The molecule has 0 aliphatic carbocycles. The van der Waals surface area contributed by atoms with Gasteiger partial charge in [-0.25, -0.2) is 4.79 Å². The summed E-state index contributed by atoms with van der Waals surface area (Å²) in [6, 6.07) is 8.57. The lowest BCUT2D eigenvalue weighted by molar-refractivity contribution is 0.0694. The molecule has 0 aliphatic heterocycles. The average Bonchev–Trinajstić information content (AvgIpc) is 2.30. The van der Waals surface area contributed by atoms with Crippen molar-refractivity contribution in [3.63, 3.8) is 0 Å². The summed E-state index contributed by atoms with van der Waals surface area (Å²) in [5.74, 6) is -1.21. The molecule has 2 aromatic rings. The van der Waals surface area contributed by atoms with E-state index >= 15 is 0 Å². The molecule has 0 saturated carbocycles. The maximum atomic E-state index is 12.1. The number of nitrogens with zero attached hydrogens (tertiary/aromatic N) is 1. The highest BCUT2D eigenvalue weighted by Crippen LogP contribution is 2.16. The molecular formula is C14H13NO3. The molecule has 1 aromatic carbocycles. The summed E-state index contributed by atoms with van der Waals surface area (Å²) in [4.78, 5) is 23.1. The van der Waals surface area contributed by atoms with Crippen molar-refractivity contribution in [2.45, 2.75) is 13.8 Å². The summed E-state index contributed by atoms with van der Waals surface area (Å²) in [5.41, 5.74) is 1.87. The second-order valence-electron chi connectivity index (χ2n) is 4.14.